The maximum Gasteiger partial charge on any atom is 0.251 e. The normalized spacial score (nSPS) is 9.89. The zero-order chi connectivity index (χ0) is 13.0. The van der Waals surface area contributed by atoms with Crippen molar-refractivity contribution in [2.24, 2.45) is 0 Å². The highest BCUT2D eigenvalue weighted by atomic mass is 35.5. The zero-order valence-electron chi connectivity index (χ0n) is 9.77. The van der Waals surface area contributed by atoms with Crippen LogP contribution in [0, 0.1) is 0 Å². The van der Waals surface area contributed by atoms with Crippen LogP contribution in [0.3, 0.4) is 0 Å². The third kappa shape index (κ3) is 2.99. The predicted octanol–water partition coefficient (Wildman–Crippen LogP) is 2.84. The molecule has 1 aromatic heterocycles. The molecule has 0 fully saturated rings. The van der Waals surface area contributed by atoms with Crippen molar-refractivity contribution in [1.82, 2.24) is 10.3 Å². The van der Waals surface area contributed by atoms with E-state index in [2.05, 4.69) is 15.6 Å². The van der Waals surface area contributed by atoms with Gasteiger partial charge in [0.25, 0.3) is 5.91 Å². The van der Waals surface area contributed by atoms with Gasteiger partial charge in [-0.25, -0.2) is 4.98 Å². The van der Waals surface area contributed by atoms with Gasteiger partial charge in [-0.15, -0.1) is 0 Å². The van der Waals surface area contributed by atoms with Crippen molar-refractivity contribution in [2.75, 3.05) is 12.4 Å². The SMILES string of the molecule is CNC(=O)c1cc(Cl)nc(Nc2ccccc2)c1. The summed E-state index contributed by atoms with van der Waals surface area (Å²) in [6, 6.07) is 12.7. The topological polar surface area (TPSA) is 54.0 Å². The molecule has 2 rings (SSSR count). The Kier molecular flexibility index (Phi) is 3.79. The molecule has 0 saturated heterocycles. The van der Waals surface area contributed by atoms with Gasteiger partial charge in [-0.05, 0) is 24.3 Å². The fourth-order valence-electron chi connectivity index (χ4n) is 1.51. The summed E-state index contributed by atoms with van der Waals surface area (Å²) in [5.74, 6) is 0.336. The molecule has 5 heteroatoms. The maximum absolute atomic E-state index is 11.5. The molecule has 1 amide bonds. The van der Waals surface area contributed by atoms with Crippen LogP contribution in [-0.4, -0.2) is 17.9 Å². The number of nitrogens with one attached hydrogen (secondary N) is 2. The molecule has 0 unspecified atom stereocenters. The molecular weight excluding hydrogens is 250 g/mol. The summed E-state index contributed by atoms with van der Waals surface area (Å²) in [4.78, 5) is 15.7. The molecule has 2 N–H and O–H groups in total. The van der Waals surface area contributed by atoms with Crippen LogP contribution in [0.2, 0.25) is 5.15 Å². The Balaban J connectivity index is 2.28. The Labute approximate surface area is 110 Å². The highest BCUT2D eigenvalue weighted by Gasteiger charge is 2.07. The number of nitrogens with zero attached hydrogens (tertiary/aromatic N) is 1. The van der Waals surface area contributed by atoms with Gasteiger partial charge in [0.2, 0.25) is 0 Å². The first kappa shape index (κ1) is 12.4. The molecule has 92 valence electrons. The summed E-state index contributed by atoms with van der Waals surface area (Å²) < 4.78 is 0. The summed E-state index contributed by atoms with van der Waals surface area (Å²) in [6.45, 7) is 0. The molecule has 0 bridgehead atoms. The number of halogens is 1. The van der Waals surface area contributed by atoms with Crippen LogP contribution >= 0.6 is 11.6 Å². The Bertz CT molecular complexity index is 557. The van der Waals surface area contributed by atoms with Crippen molar-refractivity contribution in [3.63, 3.8) is 0 Å². The van der Waals surface area contributed by atoms with Gasteiger partial charge in [-0.1, -0.05) is 29.8 Å². The van der Waals surface area contributed by atoms with E-state index in [1.165, 1.54) is 6.07 Å². The minimum atomic E-state index is -0.199. The number of hydrogen-bond donors (Lipinski definition) is 2. The van der Waals surface area contributed by atoms with E-state index in [4.69, 9.17) is 11.6 Å². The van der Waals surface area contributed by atoms with Crippen LogP contribution in [0.5, 0.6) is 0 Å². The average Bonchev–Trinajstić information content (AvgIpc) is 2.38. The quantitative estimate of drug-likeness (QED) is 0.836. The fourth-order valence-corrected chi connectivity index (χ4v) is 1.71. The van der Waals surface area contributed by atoms with Crippen molar-refractivity contribution < 1.29 is 4.79 Å². The van der Waals surface area contributed by atoms with E-state index in [1.54, 1.807) is 13.1 Å². The Morgan fingerprint density at radius 3 is 2.61 bits per heavy atom. The van der Waals surface area contributed by atoms with Gasteiger partial charge in [0.1, 0.15) is 11.0 Å². The number of carbonyl (C=O) groups excluding carboxylic acids is 1. The van der Waals surface area contributed by atoms with Gasteiger partial charge in [0.15, 0.2) is 0 Å². The molecule has 0 saturated carbocycles. The first-order chi connectivity index (χ1) is 8.69. The number of rotatable bonds is 3. The largest absolute Gasteiger partial charge is 0.355 e. The third-order valence-electron chi connectivity index (χ3n) is 2.33. The minimum Gasteiger partial charge on any atom is -0.355 e. The van der Waals surface area contributed by atoms with Crippen molar-refractivity contribution in [3.05, 3.63) is 53.2 Å². The summed E-state index contributed by atoms with van der Waals surface area (Å²) in [7, 11) is 1.57. The Morgan fingerprint density at radius 2 is 1.94 bits per heavy atom. The molecule has 0 atom stereocenters. The lowest BCUT2D eigenvalue weighted by atomic mass is 10.2. The first-order valence-corrected chi connectivity index (χ1v) is 5.78. The van der Waals surface area contributed by atoms with Crippen LogP contribution in [0.1, 0.15) is 10.4 Å². The number of amides is 1. The number of anilines is 2. The van der Waals surface area contributed by atoms with Crippen LogP contribution < -0.4 is 10.6 Å². The van der Waals surface area contributed by atoms with Gasteiger partial charge >= 0.3 is 0 Å². The summed E-state index contributed by atoms with van der Waals surface area (Å²) in [5, 5.41) is 5.91. The summed E-state index contributed by atoms with van der Waals surface area (Å²) >= 11 is 5.89. The number of pyridine rings is 1. The van der Waals surface area contributed by atoms with E-state index >= 15 is 0 Å². The maximum atomic E-state index is 11.5. The lowest BCUT2D eigenvalue weighted by Gasteiger charge is -2.07. The van der Waals surface area contributed by atoms with Crippen LogP contribution in [-0.2, 0) is 0 Å². The fraction of sp³-hybridized carbons (Fsp3) is 0.0769. The molecule has 0 spiro atoms. The summed E-state index contributed by atoms with van der Waals surface area (Å²) in [5.41, 5.74) is 1.35. The van der Waals surface area contributed by atoms with Crippen LogP contribution in [0.25, 0.3) is 0 Å². The highest BCUT2D eigenvalue weighted by Crippen LogP contribution is 2.18. The van der Waals surface area contributed by atoms with Crippen molar-refractivity contribution >= 4 is 29.0 Å². The van der Waals surface area contributed by atoms with Crippen molar-refractivity contribution in [1.29, 1.82) is 0 Å². The molecule has 2 aromatic rings. The minimum absolute atomic E-state index is 0.199. The molecule has 18 heavy (non-hydrogen) atoms. The Hall–Kier alpha value is -2.07. The standard InChI is InChI=1S/C13H12ClN3O/c1-15-13(18)9-7-11(14)17-12(8-9)16-10-5-3-2-4-6-10/h2-8H,1H3,(H,15,18)(H,16,17). The van der Waals surface area contributed by atoms with Gasteiger partial charge in [-0.3, -0.25) is 4.79 Å². The molecular formula is C13H12ClN3O. The highest BCUT2D eigenvalue weighted by molar-refractivity contribution is 6.29. The number of hydrogen-bond acceptors (Lipinski definition) is 3. The smallest absolute Gasteiger partial charge is 0.251 e. The number of para-hydroxylation sites is 1. The van der Waals surface area contributed by atoms with E-state index < -0.39 is 0 Å². The van der Waals surface area contributed by atoms with Gasteiger partial charge < -0.3 is 10.6 Å². The molecule has 1 heterocycles. The second-order valence-electron chi connectivity index (χ2n) is 3.63. The van der Waals surface area contributed by atoms with E-state index in [-0.39, 0.29) is 11.1 Å². The molecule has 0 aliphatic carbocycles. The lowest BCUT2D eigenvalue weighted by molar-refractivity contribution is 0.0963. The molecule has 4 nitrogen and oxygen atoms in total. The third-order valence-corrected chi connectivity index (χ3v) is 2.52. The van der Waals surface area contributed by atoms with Crippen LogP contribution in [0.15, 0.2) is 42.5 Å². The molecule has 1 aromatic carbocycles. The van der Waals surface area contributed by atoms with E-state index in [0.29, 0.717) is 11.4 Å². The van der Waals surface area contributed by atoms with E-state index in [1.807, 2.05) is 30.3 Å². The van der Waals surface area contributed by atoms with E-state index in [9.17, 15) is 4.79 Å². The lowest BCUT2D eigenvalue weighted by Crippen LogP contribution is -2.18. The zero-order valence-corrected chi connectivity index (χ0v) is 10.5. The Morgan fingerprint density at radius 1 is 1.22 bits per heavy atom. The summed E-state index contributed by atoms with van der Waals surface area (Å²) in [6.07, 6.45) is 0. The second-order valence-corrected chi connectivity index (χ2v) is 4.02. The number of benzene rings is 1. The molecule has 0 aliphatic rings. The predicted molar refractivity (Wildman–Crippen MR) is 72.4 cm³/mol. The van der Waals surface area contributed by atoms with Gasteiger partial charge in [0, 0.05) is 18.3 Å². The first-order valence-electron chi connectivity index (χ1n) is 5.41. The van der Waals surface area contributed by atoms with E-state index in [0.717, 1.165) is 5.69 Å². The van der Waals surface area contributed by atoms with Crippen molar-refractivity contribution in [3.8, 4) is 0 Å². The number of carbonyl (C=O) groups is 1. The second kappa shape index (κ2) is 5.51. The molecule has 0 radical (unpaired) electrons. The monoisotopic (exact) mass is 261 g/mol. The number of aromatic nitrogens is 1. The molecule has 0 aliphatic heterocycles. The van der Waals surface area contributed by atoms with Gasteiger partial charge in [0.05, 0.1) is 0 Å². The average molecular weight is 262 g/mol. The van der Waals surface area contributed by atoms with Gasteiger partial charge in [-0.2, -0.15) is 0 Å². The van der Waals surface area contributed by atoms with Crippen molar-refractivity contribution in [2.45, 2.75) is 0 Å². The van der Waals surface area contributed by atoms with Crippen LogP contribution in [0.4, 0.5) is 11.5 Å².